The normalized spacial score (nSPS) is 11.1. The van der Waals surface area contributed by atoms with Crippen LogP contribution >= 0.6 is 0 Å². The zero-order valence-corrected chi connectivity index (χ0v) is 7.87. The molecule has 0 amide bonds. The molecular weight excluding hydrogens is 120 g/mol. The smallest absolute Gasteiger partial charge is 0.156 e. The fourth-order valence-corrected chi connectivity index (χ4v) is 4.90. The van der Waals surface area contributed by atoms with E-state index in [1.807, 2.05) is 0 Å². The lowest BCUT2D eigenvalue weighted by atomic mass is 11.9. The molecule has 0 spiro atoms. The Morgan fingerprint density at radius 1 is 1.00 bits per heavy atom. The fraction of sp³-hybridized carbons (Fsp3) is 1.00. The van der Waals surface area contributed by atoms with E-state index in [4.69, 9.17) is 4.12 Å². The van der Waals surface area contributed by atoms with Crippen molar-refractivity contribution in [2.24, 2.45) is 0 Å². The summed E-state index contributed by atoms with van der Waals surface area (Å²) in [6.07, 6.45) is 0. The van der Waals surface area contributed by atoms with Gasteiger partial charge in [0, 0.05) is 1.43 Å². The molecule has 0 radical (unpaired) electrons. The van der Waals surface area contributed by atoms with Gasteiger partial charge < -0.3 is 4.12 Å². The molecule has 0 aliphatic rings. The van der Waals surface area contributed by atoms with Crippen molar-refractivity contribution in [3.05, 3.63) is 0 Å². The molecule has 0 aliphatic carbocycles. The van der Waals surface area contributed by atoms with Gasteiger partial charge in [-0.25, -0.2) is 0 Å². The summed E-state index contributed by atoms with van der Waals surface area (Å²) >= 11 is 0. The first-order valence-electron chi connectivity index (χ1n) is 2.78. The van der Waals surface area contributed by atoms with Gasteiger partial charge in [-0.1, -0.05) is 0 Å². The molecule has 1 nitrogen and oxygen atoms in total. The van der Waals surface area contributed by atoms with Crippen LogP contribution in [0, 0.1) is 0 Å². The van der Waals surface area contributed by atoms with Crippen LogP contribution in [0.2, 0.25) is 26.2 Å². The molecule has 0 saturated carbocycles. The Balaban J connectivity index is 0. The summed E-state index contributed by atoms with van der Waals surface area (Å²) in [5.74, 6) is 0. The summed E-state index contributed by atoms with van der Waals surface area (Å²) in [5, 5.41) is 0. The Kier molecular flexibility index (Phi) is 3.59. The van der Waals surface area contributed by atoms with E-state index < -0.39 is 18.1 Å². The quantitative estimate of drug-likeness (QED) is 0.519. The van der Waals surface area contributed by atoms with Gasteiger partial charge in [0.05, 0.1) is 0 Å². The van der Waals surface area contributed by atoms with E-state index in [9.17, 15) is 0 Å². The van der Waals surface area contributed by atoms with E-state index in [-0.39, 0.29) is 1.43 Å². The van der Waals surface area contributed by atoms with Crippen LogP contribution in [0.5, 0.6) is 0 Å². The van der Waals surface area contributed by atoms with E-state index in [0.29, 0.717) is 0 Å². The van der Waals surface area contributed by atoms with Crippen molar-refractivity contribution in [2.75, 3.05) is 0 Å². The topological polar surface area (TPSA) is 9.23 Å². The highest BCUT2D eigenvalue weighted by Crippen LogP contribution is 1.87. The lowest BCUT2D eigenvalue weighted by Gasteiger charge is -2.07. The molecule has 0 unspecified atom stereocenters. The van der Waals surface area contributed by atoms with Crippen LogP contribution in [-0.2, 0) is 4.12 Å². The molecule has 0 aliphatic heterocycles. The van der Waals surface area contributed by atoms with Gasteiger partial charge in [0.25, 0.3) is 0 Å². The summed E-state index contributed by atoms with van der Waals surface area (Å²) in [6.45, 7) is 8.86. The predicted molar refractivity (Wildman–Crippen MR) is 41.0 cm³/mol. The first kappa shape index (κ1) is 7.39. The minimum atomic E-state index is -0.667. The molecule has 0 aromatic heterocycles. The minimum Gasteiger partial charge on any atom is -0.461 e. The Labute approximate surface area is 50.6 Å². The molecule has 0 saturated heterocycles. The SMILES string of the molecule is C[SiH](C)O[SiH](C)C.[HH]. The average Bonchev–Trinajstić information content (AvgIpc) is 1.27. The van der Waals surface area contributed by atoms with Crippen LogP contribution in [0.4, 0.5) is 0 Å². The monoisotopic (exact) mass is 136 g/mol. The largest absolute Gasteiger partial charge is 0.461 e. The van der Waals surface area contributed by atoms with E-state index >= 15 is 0 Å². The molecule has 0 fully saturated rings. The van der Waals surface area contributed by atoms with Crippen molar-refractivity contribution >= 4 is 18.1 Å². The zero-order chi connectivity index (χ0) is 5.86. The highest BCUT2D eigenvalue weighted by molar-refractivity contribution is 6.63. The summed E-state index contributed by atoms with van der Waals surface area (Å²) in [5.41, 5.74) is 0. The molecule has 0 heterocycles. The lowest BCUT2D eigenvalue weighted by Crippen LogP contribution is -2.17. The van der Waals surface area contributed by atoms with Gasteiger partial charge in [0.15, 0.2) is 18.1 Å². The first-order chi connectivity index (χ1) is 3.13. The van der Waals surface area contributed by atoms with Crippen molar-refractivity contribution in [3.8, 4) is 0 Å². The van der Waals surface area contributed by atoms with Crippen LogP contribution in [0.25, 0.3) is 0 Å². The molecule has 3 heteroatoms. The van der Waals surface area contributed by atoms with Gasteiger partial charge in [0.2, 0.25) is 0 Å². The van der Waals surface area contributed by atoms with E-state index in [2.05, 4.69) is 26.2 Å². The van der Waals surface area contributed by atoms with Gasteiger partial charge >= 0.3 is 0 Å². The maximum Gasteiger partial charge on any atom is 0.156 e. The van der Waals surface area contributed by atoms with Crippen LogP contribution < -0.4 is 0 Å². The van der Waals surface area contributed by atoms with Crippen LogP contribution in [0.1, 0.15) is 1.43 Å². The molecule has 0 bridgehead atoms. The second-order valence-corrected chi connectivity index (χ2v) is 7.52. The molecule has 46 valence electrons. The van der Waals surface area contributed by atoms with Crippen molar-refractivity contribution < 1.29 is 5.54 Å². The van der Waals surface area contributed by atoms with Crippen molar-refractivity contribution in [3.63, 3.8) is 0 Å². The molecule has 0 N–H and O–H groups in total. The van der Waals surface area contributed by atoms with Gasteiger partial charge in [-0.3, -0.25) is 0 Å². The standard InChI is InChI=1S/C4H14OSi2.H2/c1-6(2)5-7(3)4;/h6-7H,1-4H3;1H. The second-order valence-electron chi connectivity index (χ2n) is 2.23. The maximum atomic E-state index is 5.53. The summed E-state index contributed by atoms with van der Waals surface area (Å²) in [4.78, 5) is 0. The molecular formula is C4H16OSi2. The third-order valence-corrected chi connectivity index (χ3v) is 4.90. The Morgan fingerprint density at radius 3 is 1.29 bits per heavy atom. The summed E-state index contributed by atoms with van der Waals surface area (Å²) in [6, 6.07) is 0. The van der Waals surface area contributed by atoms with Gasteiger partial charge in [-0.05, 0) is 26.2 Å². The Bertz CT molecular complexity index is 43.3. The van der Waals surface area contributed by atoms with Crippen molar-refractivity contribution in [2.45, 2.75) is 26.2 Å². The lowest BCUT2D eigenvalue weighted by molar-refractivity contribution is 0.608. The second kappa shape index (κ2) is 3.40. The van der Waals surface area contributed by atoms with E-state index in [0.717, 1.165) is 0 Å². The van der Waals surface area contributed by atoms with Crippen molar-refractivity contribution in [1.82, 2.24) is 0 Å². The average molecular weight is 136 g/mol. The number of rotatable bonds is 2. The van der Waals surface area contributed by atoms with Crippen molar-refractivity contribution in [1.29, 1.82) is 0 Å². The fourth-order valence-electron chi connectivity index (χ4n) is 0.544. The van der Waals surface area contributed by atoms with Gasteiger partial charge in [-0.2, -0.15) is 0 Å². The van der Waals surface area contributed by atoms with E-state index in [1.165, 1.54) is 0 Å². The Morgan fingerprint density at radius 2 is 1.29 bits per heavy atom. The zero-order valence-electron chi connectivity index (χ0n) is 5.56. The molecule has 7 heavy (non-hydrogen) atoms. The Hall–Kier alpha value is 0.394. The van der Waals surface area contributed by atoms with Crippen LogP contribution in [0.15, 0.2) is 0 Å². The summed E-state index contributed by atoms with van der Waals surface area (Å²) in [7, 11) is -1.33. The van der Waals surface area contributed by atoms with E-state index in [1.54, 1.807) is 0 Å². The minimum absolute atomic E-state index is 0. The predicted octanol–water partition coefficient (Wildman–Crippen LogP) is 1.22. The van der Waals surface area contributed by atoms with Crippen LogP contribution in [0.3, 0.4) is 0 Å². The first-order valence-corrected chi connectivity index (χ1v) is 8.34. The van der Waals surface area contributed by atoms with Gasteiger partial charge in [0.1, 0.15) is 0 Å². The number of hydrogen-bond donors (Lipinski definition) is 0. The maximum absolute atomic E-state index is 5.53. The third-order valence-electron chi connectivity index (χ3n) is 0.544. The molecule has 0 rings (SSSR count). The molecule has 0 aromatic carbocycles. The highest BCUT2D eigenvalue weighted by Gasteiger charge is 1.97. The number of hydrogen-bond acceptors (Lipinski definition) is 1. The molecule has 0 aromatic rings. The highest BCUT2D eigenvalue weighted by atomic mass is 28.4. The van der Waals surface area contributed by atoms with Crippen LogP contribution in [-0.4, -0.2) is 18.1 Å². The molecule has 0 atom stereocenters. The van der Waals surface area contributed by atoms with Gasteiger partial charge in [-0.15, -0.1) is 0 Å². The summed E-state index contributed by atoms with van der Waals surface area (Å²) < 4.78 is 5.53. The third kappa shape index (κ3) is 6.39.